The van der Waals surface area contributed by atoms with E-state index in [0.717, 1.165) is 17.3 Å². The fourth-order valence-electron chi connectivity index (χ4n) is 4.86. The van der Waals surface area contributed by atoms with Crippen molar-refractivity contribution in [2.75, 3.05) is 24.7 Å². The molecular formula is C26H35N6O9PS. The number of nitrogens with one attached hydrogen (secondary N) is 2. The molecule has 3 heterocycles. The normalized spacial score (nSPS) is 28.4. The third-order valence-electron chi connectivity index (χ3n) is 7.55. The summed E-state index contributed by atoms with van der Waals surface area (Å²) in [7, 11) is -4.06. The van der Waals surface area contributed by atoms with Gasteiger partial charge in [-0.3, -0.25) is 28.2 Å². The van der Waals surface area contributed by atoms with E-state index in [1.54, 1.807) is 13.8 Å². The number of aliphatic hydroxyl groups excluding tert-OH is 2. The van der Waals surface area contributed by atoms with Crippen molar-refractivity contribution < 1.29 is 38.5 Å². The zero-order valence-corrected chi connectivity index (χ0v) is 25.5. The minimum atomic E-state index is -4.06. The van der Waals surface area contributed by atoms with E-state index in [2.05, 4.69) is 20.0 Å². The number of aromatic nitrogens is 4. The molecule has 1 saturated heterocycles. The minimum Gasteiger partial charge on any atom is -0.395 e. The van der Waals surface area contributed by atoms with Gasteiger partial charge in [-0.1, -0.05) is 42.1 Å². The van der Waals surface area contributed by atoms with Crippen molar-refractivity contribution in [1.82, 2.24) is 24.6 Å². The standard InChI is InChI=1S/C26H35N6O9PS/c1-24(2,13-33)22(36)43-10-9-39-42(38,29-12-15-7-5-4-6-8-15)41-16-11-26(16)20(35)25(3,37)21(40-26)32-14-28-17-18(32)30-23(27)31-19(17)34/h4-8,14,16,20-21,33,35,37H,9-13H2,1-3H3,(H,29,38)(H3,27,30,31,34)/t16-,20+,21-,25-,26?,42?/m1/s1. The molecule has 2 aliphatic rings. The highest BCUT2D eigenvalue weighted by atomic mass is 32.2. The summed E-state index contributed by atoms with van der Waals surface area (Å²) in [5.74, 6) is -0.0146. The van der Waals surface area contributed by atoms with Crippen LogP contribution in [0.2, 0.25) is 0 Å². The number of carbonyl (C=O) groups excluding carboxylic acids is 1. The molecule has 1 aromatic carbocycles. The maximum Gasteiger partial charge on any atom is 0.406 e. The van der Waals surface area contributed by atoms with Gasteiger partial charge >= 0.3 is 7.75 Å². The summed E-state index contributed by atoms with van der Waals surface area (Å²) in [6.07, 6.45) is -2.37. The highest BCUT2D eigenvalue weighted by Crippen LogP contribution is 2.62. The summed E-state index contributed by atoms with van der Waals surface area (Å²) in [6.45, 7) is 4.30. The van der Waals surface area contributed by atoms with Gasteiger partial charge in [-0.05, 0) is 26.3 Å². The van der Waals surface area contributed by atoms with E-state index in [-0.39, 0.29) is 54.2 Å². The molecule has 1 aliphatic heterocycles. The number of ether oxygens (including phenoxy) is 1. The molecule has 1 aliphatic carbocycles. The van der Waals surface area contributed by atoms with Crippen LogP contribution in [0.5, 0.6) is 0 Å². The Bertz CT molecular complexity index is 1600. The van der Waals surface area contributed by atoms with Gasteiger partial charge in [-0.2, -0.15) is 4.98 Å². The molecule has 6 atom stereocenters. The number of anilines is 1. The lowest BCUT2D eigenvalue weighted by Crippen LogP contribution is -2.45. The van der Waals surface area contributed by atoms with Crippen LogP contribution < -0.4 is 16.4 Å². The molecule has 2 fully saturated rings. The summed E-state index contributed by atoms with van der Waals surface area (Å²) >= 11 is 0.944. The number of benzene rings is 1. The monoisotopic (exact) mass is 638 g/mol. The molecular weight excluding hydrogens is 603 g/mol. The van der Waals surface area contributed by atoms with Crippen molar-refractivity contribution in [3.63, 3.8) is 0 Å². The van der Waals surface area contributed by atoms with Crippen LogP contribution in [0.1, 0.15) is 39.0 Å². The Balaban J connectivity index is 1.32. The Labute approximate surface area is 250 Å². The predicted molar refractivity (Wildman–Crippen MR) is 157 cm³/mol. The SMILES string of the molecule is CC(C)(CO)C(=O)SCCOP(=O)(NCc1ccccc1)O[C@@H]1CC12O[C@@H](n1cnc3c(=O)[nH]c(N)nc31)[C@](C)(O)[C@@H]2O. The number of aliphatic hydroxyl groups is 3. The molecule has 15 nitrogen and oxygen atoms in total. The van der Waals surface area contributed by atoms with E-state index in [1.807, 2.05) is 30.3 Å². The average Bonchev–Trinajstić information content (AvgIpc) is 3.40. The van der Waals surface area contributed by atoms with Gasteiger partial charge in [0.1, 0.15) is 23.4 Å². The Morgan fingerprint density at radius 1 is 1.37 bits per heavy atom. The average molecular weight is 639 g/mol. The molecule has 2 aromatic heterocycles. The number of hydrogen-bond donors (Lipinski definition) is 6. The number of nitrogens with zero attached hydrogens (tertiary/aromatic N) is 3. The first-order valence-corrected chi connectivity index (χ1v) is 16.1. The first-order chi connectivity index (χ1) is 20.2. The van der Waals surface area contributed by atoms with Crippen LogP contribution in [0.25, 0.3) is 11.2 Å². The summed E-state index contributed by atoms with van der Waals surface area (Å²) in [5.41, 5.74) is 1.65. The van der Waals surface area contributed by atoms with E-state index < -0.39 is 48.4 Å². The summed E-state index contributed by atoms with van der Waals surface area (Å²) in [4.78, 5) is 35.1. The van der Waals surface area contributed by atoms with Crippen LogP contribution >= 0.6 is 19.5 Å². The second kappa shape index (κ2) is 11.7. The second-order valence-electron chi connectivity index (χ2n) is 11.5. The van der Waals surface area contributed by atoms with Crippen molar-refractivity contribution in [3.8, 4) is 0 Å². The first kappa shape index (κ1) is 31.8. The van der Waals surface area contributed by atoms with Crippen LogP contribution in [-0.2, 0) is 29.7 Å². The lowest BCUT2D eigenvalue weighted by atomic mass is 9.95. The summed E-state index contributed by atoms with van der Waals surface area (Å²) in [5, 5.41) is 34.6. The van der Waals surface area contributed by atoms with Gasteiger partial charge < -0.3 is 25.8 Å². The molecule has 234 valence electrons. The predicted octanol–water partition coefficient (Wildman–Crippen LogP) is 1.06. The molecule has 7 N–H and O–H groups in total. The molecule has 0 bridgehead atoms. The highest BCUT2D eigenvalue weighted by Gasteiger charge is 2.75. The quantitative estimate of drug-likeness (QED) is 0.121. The van der Waals surface area contributed by atoms with Crippen molar-refractivity contribution in [2.45, 2.75) is 63.4 Å². The molecule has 3 aromatic rings. The van der Waals surface area contributed by atoms with Crippen LogP contribution in [0.3, 0.4) is 0 Å². The number of nitrogens with two attached hydrogens (primary N) is 1. The Hall–Kier alpha value is -2.66. The van der Waals surface area contributed by atoms with Crippen molar-refractivity contribution >= 4 is 41.7 Å². The van der Waals surface area contributed by atoms with E-state index in [1.165, 1.54) is 17.8 Å². The smallest absolute Gasteiger partial charge is 0.395 e. The molecule has 1 saturated carbocycles. The van der Waals surface area contributed by atoms with Gasteiger partial charge in [0.15, 0.2) is 22.5 Å². The zero-order valence-electron chi connectivity index (χ0n) is 23.8. The third kappa shape index (κ3) is 6.16. The number of imidazole rings is 1. The number of rotatable bonds is 12. The Morgan fingerprint density at radius 2 is 2.09 bits per heavy atom. The summed E-state index contributed by atoms with van der Waals surface area (Å²) < 4.78 is 33.0. The number of fused-ring (bicyclic) bond motifs is 1. The number of thioether (sulfide) groups is 1. The molecule has 2 unspecified atom stereocenters. The molecule has 17 heteroatoms. The number of hydrogen-bond acceptors (Lipinski definition) is 13. The van der Waals surface area contributed by atoms with E-state index in [0.29, 0.717) is 0 Å². The van der Waals surface area contributed by atoms with Gasteiger partial charge in [0.05, 0.1) is 25.0 Å². The second-order valence-corrected chi connectivity index (χ2v) is 14.3. The Morgan fingerprint density at radius 3 is 2.79 bits per heavy atom. The van der Waals surface area contributed by atoms with E-state index in [9.17, 15) is 29.5 Å². The van der Waals surface area contributed by atoms with Crippen molar-refractivity contribution in [3.05, 3.63) is 52.6 Å². The number of aromatic amines is 1. The van der Waals surface area contributed by atoms with Gasteiger partial charge in [0, 0.05) is 18.7 Å². The maximum atomic E-state index is 13.9. The fourth-order valence-corrected chi connectivity index (χ4v) is 7.31. The van der Waals surface area contributed by atoms with E-state index in [4.69, 9.17) is 19.5 Å². The van der Waals surface area contributed by atoms with Crippen molar-refractivity contribution in [2.24, 2.45) is 5.41 Å². The van der Waals surface area contributed by atoms with E-state index >= 15 is 0 Å². The van der Waals surface area contributed by atoms with Gasteiger partial charge in [0.25, 0.3) is 5.56 Å². The molecule has 1 spiro atoms. The largest absolute Gasteiger partial charge is 0.406 e. The van der Waals surface area contributed by atoms with Crippen LogP contribution in [0.15, 0.2) is 41.5 Å². The van der Waals surface area contributed by atoms with Crippen LogP contribution in [0, 0.1) is 5.41 Å². The summed E-state index contributed by atoms with van der Waals surface area (Å²) in [6, 6.07) is 9.15. The van der Waals surface area contributed by atoms with Crippen LogP contribution in [0.4, 0.5) is 5.95 Å². The molecule has 43 heavy (non-hydrogen) atoms. The third-order valence-corrected chi connectivity index (χ3v) is 10.3. The molecule has 0 radical (unpaired) electrons. The number of nitrogen functional groups attached to an aromatic ring is 1. The fraction of sp³-hybridized carbons (Fsp3) is 0.538. The highest BCUT2D eigenvalue weighted by molar-refractivity contribution is 8.13. The van der Waals surface area contributed by atoms with Gasteiger partial charge in [-0.15, -0.1) is 0 Å². The number of carbonyl (C=O) groups is 1. The minimum absolute atomic E-state index is 0.0330. The van der Waals surface area contributed by atoms with Crippen LogP contribution in [-0.4, -0.2) is 82.3 Å². The lowest BCUT2D eigenvalue weighted by molar-refractivity contribution is -0.119. The van der Waals surface area contributed by atoms with Crippen molar-refractivity contribution in [1.29, 1.82) is 0 Å². The topological polar surface area (TPSA) is 224 Å². The zero-order chi connectivity index (χ0) is 31.2. The first-order valence-electron chi connectivity index (χ1n) is 13.5. The molecule has 5 rings (SSSR count). The van der Waals surface area contributed by atoms with Gasteiger partial charge in [-0.25, -0.2) is 14.6 Å². The lowest BCUT2D eigenvalue weighted by Gasteiger charge is -2.27. The maximum absolute atomic E-state index is 13.9. The molecule has 0 amide bonds. The van der Waals surface area contributed by atoms with Gasteiger partial charge in [0.2, 0.25) is 5.95 Å². The Kier molecular flexibility index (Phi) is 8.63. The number of H-pyrrole nitrogens is 1.